The third-order valence-electron chi connectivity index (χ3n) is 3.99. The second kappa shape index (κ2) is 7.68. The predicted molar refractivity (Wildman–Crippen MR) is 93.9 cm³/mol. The Kier molecular flexibility index (Phi) is 5.82. The first-order valence-electron chi connectivity index (χ1n) is 8.63. The molecule has 0 aromatic heterocycles. The highest BCUT2D eigenvalue weighted by Gasteiger charge is 2.38. The zero-order chi connectivity index (χ0) is 18.7. The molecule has 1 aromatic rings. The van der Waals surface area contributed by atoms with Crippen LogP contribution in [0.5, 0.6) is 5.75 Å². The number of rotatable bonds is 6. The molecule has 0 saturated heterocycles. The summed E-state index contributed by atoms with van der Waals surface area (Å²) in [6.07, 6.45) is 0.178. The highest BCUT2D eigenvalue weighted by molar-refractivity contribution is 6.06. The van der Waals surface area contributed by atoms with Crippen LogP contribution in [0.2, 0.25) is 0 Å². The molecule has 0 fully saturated rings. The van der Waals surface area contributed by atoms with Crippen molar-refractivity contribution in [2.24, 2.45) is 0 Å². The molecule has 1 aromatic carbocycles. The van der Waals surface area contributed by atoms with E-state index in [1.54, 1.807) is 45.9 Å². The summed E-state index contributed by atoms with van der Waals surface area (Å²) in [4.78, 5) is 38.5. The Labute approximate surface area is 148 Å². The Bertz CT molecular complexity index is 682. The molecule has 0 spiro atoms. The number of nitrogens with zero attached hydrogens (tertiary/aromatic N) is 1. The van der Waals surface area contributed by atoms with E-state index in [4.69, 9.17) is 9.47 Å². The average molecular weight is 347 g/mol. The largest absolute Gasteiger partial charge is 0.479 e. The van der Waals surface area contributed by atoms with E-state index in [9.17, 15) is 14.4 Å². The Morgan fingerprint density at radius 3 is 2.56 bits per heavy atom. The van der Waals surface area contributed by atoms with Crippen LogP contribution in [0.15, 0.2) is 18.2 Å². The minimum atomic E-state index is -0.809. The number of Topliss-reactive ketones (excluding diaryl/α,β-unsaturated/α-hetero) is 1. The van der Waals surface area contributed by atoms with Gasteiger partial charge in [-0.25, -0.2) is 4.79 Å². The third kappa shape index (κ3) is 4.00. The van der Waals surface area contributed by atoms with Gasteiger partial charge in [-0.1, -0.05) is 6.92 Å². The molecule has 0 radical (unpaired) electrons. The Hall–Kier alpha value is -2.37. The number of fused-ring (bicyclic) bond motifs is 1. The normalized spacial score (nSPS) is 17.8. The molecular weight excluding hydrogens is 322 g/mol. The fourth-order valence-corrected chi connectivity index (χ4v) is 2.74. The molecule has 2 rings (SSSR count). The first-order chi connectivity index (χ1) is 11.8. The zero-order valence-corrected chi connectivity index (χ0v) is 15.4. The molecule has 1 amide bonds. The number of benzene rings is 1. The minimum absolute atomic E-state index is 0.00580. The summed E-state index contributed by atoms with van der Waals surface area (Å²) in [6.45, 7) is 8.69. The maximum Gasteiger partial charge on any atom is 0.329 e. The van der Waals surface area contributed by atoms with Crippen LogP contribution >= 0.6 is 0 Å². The fraction of sp³-hybridized carbons (Fsp3) is 0.526. The number of hydrogen-bond acceptors (Lipinski definition) is 5. The maximum absolute atomic E-state index is 12.6. The topological polar surface area (TPSA) is 72.9 Å². The molecule has 136 valence electrons. The Morgan fingerprint density at radius 2 is 1.96 bits per heavy atom. The molecule has 1 aliphatic rings. The van der Waals surface area contributed by atoms with Crippen LogP contribution in [-0.2, 0) is 14.3 Å². The second-order valence-electron chi connectivity index (χ2n) is 6.49. The van der Waals surface area contributed by atoms with Gasteiger partial charge in [-0.2, -0.15) is 0 Å². The number of ketones is 1. The van der Waals surface area contributed by atoms with Crippen molar-refractivity contribution >= 4 is 23.3 Å². The first-order valence-corrected chi connectivity index (χ1v) is 8.63. The van der Waals surface area contributed by atoms with E-state index >= 15 is 0 Å². The van der Waals surface area contributed by atoms with Crippen molar-refractivity contribution in [3.8, 4) is 5.75 Å². The van der Waals surface area contributed by atoms with Crippen LogP contribution in [0, 0.1) is 0 Å². The van der Waals surface area contributed by atoms with E-state index in [0.717, 1.165) is 6.42 Å². The van der Waals surface area contributed by atoms with Gasteiger partial charge < -0.3 is 9.47 Å². The van der Waals surface area contributed by atoms with Crippen LogP contribution in [0.3, 0.4) is 0 Å². The lowest BCUT2D eigenvalue weighted by atomic mass is 10.0. The lowest BCUT2D eigenvalue weighted by Gasteiger charge is -2.36. The van der Waals surface area contributed by atoms with Gasteiger partial charge in [0.25, 0.3) is 5.91 Å². The van der Waals surface area contributed by atoms with Gasteiger partial charge in [0.05, 0.1) is 11.8 Å². The molecule has 1 aliphatic heterocycles. The van der Waals surface area contributed by atoms with E-state index in [1.807, 2.05) is 6.92 Å². The van der Waals surface area contributed by atoms with Gasteiger partial charge in [-0.3, -0.25) is 14.5 Å². The van der Waals surface area contributed by atoms with Crippen LogP contribution in [0.1, 0.15) is 57.8 Å². The van der Waals surface area contributed by atoms with E-state index in [0.29, 0.717) is 23.4 Å². The standard InChI is InChI=1S/C19H25NO5/c1-6-7-16(21)14-8-9-17-15(10-14)20(18(22)13(5)25-17)12(4)19(23)24-11(2)3/h8-13H,6-7H2,1-5H3. The summed E-state index contributed by atoms with van der Waals surface area (Å²) in [7, 11) is 0. The van der Waals surface area contributed by atoms with Gasteiger partial charge >= 0.3 is 5.97 Å². The van der Waals surface area contributed by atoms with Crippen molar-refractivity contribution in [1.82, 2.24) is 0 Å². The number of esters is 1. The van der Waals surface area contributed by atoms with Crippen molar-refractivity contribution in [3.05, 3.63) is 23.8 Å². The number of hydrogen-bond donors (Lipinski definition) is 0. The lowest BCUT2D eigenvalue weighted by molar-refractivity contribution is -0.150. The van der Waals surface area contributed by atoms with E-state index < -0.39 is 18.1 Å². The molecule has 0 N–H and O–H groups in total. The smallest absolute Gasteiger partial charge is 0.329 e. The first kappa shape index (κ1) is 19.0. The summed E-state index contributed by atoms with van der Waals surface area (Å²) >= 11 is 0. The van der Waals surface area contributed by atoms with Gasteiger partial charge in [0.2, 0.25) is 0 Å². The van der Waals surface area contributed by atoms with Crippen LogP contribution < -0.4 is 9.64 Å². The molecule has 25 heavy (non-hydrogen) atoms. The van der Waals surface area contributed by atoms with Gasteiger partial charge in [-0.15, -0.1) is 0 Å². The number of ether oxygens (including phenoxy) is 2. The summed E-state index contributed by atoms with van der Waals surface area (Å²) in [5, 5.41) is 0. The van der Waals surface area contributed by atoms with Crippen LogP contribution in [0.25, 0.3) is 0 Å². The molecule has 0 saturated carbocycles. The highest BCUT2D eigenvalue weighted by Crippen LogP contribution is 2.36. The van der Waals surface area contributed by atoms with Crippen molar-refractivity contribution < 1.29 is 23.9 Å². The summed E-state index contributed by atoms with van der Waals surface area (Å²) in [6, 6.07) is 4.18. The summed E-state index contributed by atoms with van der Waals surface area (Å²) < 4.78 is 10.9. The van der Waals surface area contributed by atoms with Crippen LogP contribution in [-0.4, -0.2) is 35.9 Å². The molecular formula is C19H25NO5. The van der Waals surface area contributed by atoms with Gasteiger partial charge in [0.1, 0.15) is 11.8 Å². The molecule has 6 nitrogen and oxygen atoms in total. The Balaban J connectivity index is 2.43. The summed E-state index contributed by atoms with van der Waals surface area (Å²) in [5.74, 6) is -0.354. The zero-order valence-electron chi connectivity index (χ0n) is 15.4. The van der Waals surface area contributed by atoms with E-state index in [1.165, 1.54) is 4.90 Å². The molecule has 2 atom stereocenters. The quantitative estimate of drug-likeness (QED) is 0.584. The SMILES string of the molecule is CCCC(=O)c1ccc2c(c1)N(C(C)C(=O)OC(C)C)C(=O)C(C)O2. The lowest BCUT2D eigenvalue weighted by Crippen LogP contribution is -2.52. The number of carbonyl (C=O) groups excluding carboxylic acids is 3. The van der Waals surface area contributed by atoms with Crippen molar-refractivity contribution in [1.29, 1.82) is 0 Å². The van der Waals surface area contributed by atoms with Crippen molar-refractivity contribution in [2.75, 3.05) is 4.90 Å². The van der Waals surface area contributed by atoms with Crippen LogP contribution in [0.4, 0.5) is 5.69 Å². The average Bonchev–Trinajstić information content (AvgIpc) is 2.54. The highest BCUT2D eigenvalue weighted by atomic mass is 16.5. The number of carbonyl (C=O) groups is 3. The minimum Gasteiger partial charge on any atom is -0.479 e. The summed E-state index contributed by atoms with van der Waals surface area (Å²) in [5.41, 5.74) is 0.930. The molecule has 6 heteroatoms. The second-order valence-corrected chi connectivity index (χ2v) is 6.49. The van der Waals surface area contributed by atoms with Gasteiger partial charge in [-0.05, 0) is 52.3 Å². The Morgan fingerprint density at radius 1 is 1.28 bits per heavy atom. The monoisotopic (exact) mass is 347 g/mol. The fourth-order valence-electron chi connectivity index (χ4n) is 2.74. The molecule has 2 unspecified atom stereocenters. The van der Waals surface area contributed by atoms with E-state index in [-0.39, 0.29) is 17.8 Å². The van der Waals surface area contributed by atoms with Crippen molar-refractivity contribution in [3.63, 3.8) is 0 Å². The number of anilines is 1. The van der Waals surface area contributed by atoms with Gasteiger partial charge in [0, 0.05) is 12.0 Å². The predicted octanol–water partition coefficient (Wildman–Crippen LogP) is 3.12. The maximum atomic E-state index is 12.6. The third-order valence-corrected chi connectivity index (χ3v) is 3.99. The molecule has 0 aliphatic carbocycles. The van der Waals surface area contributed by atoms with Gasteiger partial charge in [0.15, 0.2) is 11.9 Å². The van der Waals surface area contributed by atoms with Crippen molar-refractivity contribution in [2.45, 2.75) is 65.7 Å². The molecule has 0 bridgehead atoms. The number of amides is 1. The van der Waals surface area contributed by atoms with E-state index in [2.05, 4.69) is 0 Å². The molecule has 1 heterocycles.